The average Bonchev–Trinajstić information content (AvgIpc) is 2.37. The van der Waals surface area contributed by atoms with Gasteiger partial charge in [-0.15, -0.1) is 0 Å². The van der Waals surface area contributed by atoms with E-state index in [1.54, 1.807) is 0 Å². The molecule has 0 amide bonds. The number of hydrogen-bond donors (Lipinski definition) is 1. The Balaban J connectivity index is 3.24. The second kappa shape index (κ2) is 5.44. The zero-order valence-corrected chi connectivity index (χ0v) is 12.0. The van der Waals surface area contributed by atoms with Crippen molar-refractivity contribution in [3.8, 4) is 0 Å². The molecule has 0 radical (unpaired) electrons. The number of sulfone groups is 1. The van der Waals surface area contributed by atoms with E-state index in [0.29, 0.717) is 0 Å². The van der Waals surface area contributed by atoms with Gasteiger partial charge in [0.2, 0.25) is 0 Å². The maximum Gasteiger partial charge on any atom is 0.269 e. The molecule has 6 nitrogen and oxygen atoms in total. The molecule has 106 valence electrons. The summed E-state index contributed by atoms with van der Waals surface area (Å²) in [7, 11) is -3.73. The van der Waals surface area contributed by atoms with E-state index in [1.807, 2.05) is 0 Å². The summed E-state index contributed by atoms with van der Waals surface area (Å²) in [6.07, 6.45) is -1.56. The molecule has 8 heteroatoms. The predicted molar refractivity (Wildman–Crippen MR) is 71.8 cm³/mol. The van der Waals surface area contributed by atoms with Crippen LogP contribution in [0.25, 0.3) is 0 Å². The molecule has 1 rings (SSSR count). The zero-order chi connectivity index (χ0) is 14.8. The molecule has 1 aromatic carbocycles. The highest BCUT2D eigenvalue weighted by Gasteiger charge is 2.43. The molecule has 0 aromatic heterocycles. The predicted octanol–water partition coefficient (Wildman–Crippen LogP) is 2.02. The van der Waals surface area contributed by atoms with Gasteiger partial charge in [-0.1, -0.05) is 30.7 Å². The fraction of sp³-hybridized carbons (Fsp3) is 0.455. The third kappa shape index (κ3) is 3.05. The number of nitro groups is 1. The molecule has 1 N–H and O–H groups in total. The van der Waals surface area contributed by atoms with E-state index in [1.165, 1.54) is 32.0 Å². The van der Waals surface area contributed by atoms with Gasteiger partial charge in [0.05, 0.1) is 4.92 Å². The minimum atomic E-state index is -3.73. The van der Waals surface area contributed by atoms with Crippen LogP contribution in [0.15, 0.2) is 24.3 Å². The van der Waals surface area contributed by atoms with Crippen LogP contribution in [0.4, 0.5) is 5.69 Å². The first kappa shape index (κ1) is 15.9. The van der Waals surface area contributed by atoms with Crippen LogP contribution in [0.1, 0.15) is 25.5 Å². The molecule has 0 saturated heterocycles. The number of aliphatic hydroxyl groups is 1. The minimum absolute atomic E-state index is 0.0868. The SMILES string of the molecule is CCS(=O)(=O)[C@@](C)(Cl)[C@@H](O)c1cccc([N+](=O)[O-])c1. The molecule has 1 aromatic rings. The van der Waals surface area contributed by atoms with E-state index in [2.05, 4.69) is 0 Å². The molecule has 0 saturated carbocycles. The van der Waals surface area contributed by atoms with Crippen LogP contribution in [0.5, 0.6) is 0 Å². The van der Waals surface area contributed by atoms with Crippen molar-refractivity contribution in [2.24, 2.45) is 0 Å². The van der Waals surface area contributed by atoms with Gasteiger partial charge in [0.25, 0.3) is 5.69 Å². The van der Waals surface area contributed by atoms with E-state index in [4.69, 9.17) is 11.6 Å². The van der Waals surface area contributed by atoms with Gasteiger partial charge < -0.3 is 5.11 Å². The number of rotatable bonds is 5. The molecule has 0 aliphatic carbocycles. The molecule has 0 aliphatic rings. The second-order valence-corrected chi connectivity index (χ2v) is 7.81. The van der Waals surface area contributed by atoms with Gasteiger partial charge in [-0.05, 0) is 12.5 Å². The summed E-state index contributed by atoms with van der Waals surface area (Å²) in [6.45, 7) is 2.59. The Morgan fingerprint density at radius 1 is 1.53 bits per heavy atom. The number of benzene rings is 1. The van der Waals surface area contributed by atoms with Crippen molar-refractivity contribution < 1.29 is 18.4 Å². The molecular weight excluding hydrogens is 294 g/mol. The highest BCUT2D eigenvalue weighted by Crippen LogP contribution is 2.37. The van der Waals surface area contributed by atoms with E-state index >= 15 is 0 Å². The lowest BCUT2D eigenvalue weighted by Crippen LogP contribution is -2.37. The zero-order valence-electron chi connectivity index (χ0n) is 10.4. The van der Waals surface area contributed by atoms with Gasteiger partial charge in [0.15, 0.2) is 14.0 Å². The first-order valence-electron chi connectivity index (χ1n) is 5.47. The van der Waals surface area contributed by atoms with Gasteiger partial charge in [-0.3, -0.25) is 10.1 Å². The fourth-order valence-corrected chi connectivity index (χ4v) is 3.05. The van der Waals surface area contributed by atoms with Crippen LogP contribution in [0, 0.1) is 10.1 Å². The summed E-state index contributed by atoms with van der Waals surface area (Å²) < 4.78 is 21.7. The number of nitrogens with zero attached hydrogens (tertiary/aromatic N) is 1. The maximum atomic E-state index is 11.8. The van der Waals surface area contributed by atoms with Crippen molar-refractivity contribution in [1.29, 1.82) is 0 Å². The minimum Gasteiger partial charge on any atom is -0.385 e. The molecule has 0 bridgehead atoms. The molecular formula is C11H14ClNO5S. The van der Waals surface area contributed by atoms with Crippen LogP contribution >= 0.6 is 11.6 Å². The summed E-state index contributed by atoms with van der Waals surface area (Å²) in [5, 5.41) is 20.7. The lowest BCUT2D eigenvalue weighted by atomic mass is 10.1. The van der Waals surface area contributed by atoms with Crippen LogP contribution in [-0.4, -0.2) is 28.4 Å². The molecule has 0 unspecified atom stereocenters. The molecule has 0 spiro atoms. The van der Waals surface area contributed by atoms with Crippen molar-refractivity contribution in [1.82, 2.24) is 0 Å². The standard InChI is InChI=1S/C11H14ClNO5S/c1-3-19(17,18)11(2,12)10(14)8-5-4-6-9(7-8)13(15)16/h4-7,10,14H,3H2,1-2H3/t10-,11+/m0/s1. The number of non-ortho nitro benzene ring substituents is 1. The molecule has 0 heterocycles. The Bertz CT molecular complexity index is 585. The number of hydrogen-bond acceptors (Lipinski definition) is 5. The van der Waals surface area contributed by atoms with Gasteiger partial charge in [0.1, 0.15) is 6.10 Å². The number of halogens is 1. The van der Waals surface area contributed by atoms with Crippen LogP contribution in [-0.2, 0) is 9.84 Å². The quantitative estimate of drug-likeness (QED) is 0.510. The Morgan fingerprint density at radius 2 is 2.11 bits per heavy atom. The van der Waals surface area contributed by atoms with Gasteiger partial charge in [-0.25, -0.2) is 8.42 Å². The van der Waals surface area contributed by atoms with Gasteiger partial charge >= 0.3 is 0 Å². The maximum absolute atomic E-state index is 11.8. The fourth-order valence-electron chi connectivity index (χ4n) is 1.56. The van der Waals surface area contributed by atoms with E-state index in [-0.39, 0.29) is 17.0 Å². The normalized spacial score (nSPS) is 16.6. The van der Waals surface area contributed by atoms with Gasteiger partial charge in [0, 0.05) is 17.9 Å². The van der Waals surface area contributed by atoms with Gasteiger partial charge in [-0.2, -0.15) is 0 Å². The monoisotopic (exact) mass is 307 g/mol. The number of alkyl halides is 1. The van der Waals surface area contributed by atoms with Crippen molar-refractivity contribution in [3.63, 3.8) is 0 Å². The average molecular weight is 308 g/mol. The Hall–Kier alpha value is -1.18. The summed E-state index contributed by atoms with van der Waals surface area (Å²) >= 11 is 5.94. The highest BCUT2D eigenvalue weighted by molar-refractivity contribution is 7.94. The van der Waals surface area contributed by atoms with Crippen LogP contribution < -0.4 is 0 Å². The first-order chi connectivity index (χ1) is 8.63. The van der Waals surface area contributed by atoms with Crippen molar-refractivity contribution >= 4 is 27.1 Å². The third-order valence-electron chi connectivity index (χ3n) is 2.87. The summed E-state index contributed by atoms with van der Waals surface area (Å²) in [4.78, 5) is 10.0. The van der Waals surface area contributed by atoms with Crippen LogP contribution in [0.2, 0.25) is 0 Å². The first-order valence-corrected chi connectivity index (χ1v) is 7.50. The van der Waals surface area contributed by atoms with E-state index in [0.717, 1.165) is 6.07 Å². The Labute approximate surface area is 116 Å². The van der Waals surface area contributed by atoms with Crippen LogP contribution in [0.3, 0.4) is 0 Å². The molecule has 2 atom stereocenters. The van der Waals surface area contributed by atoms with Crippen molar-refractivity contribution in [2.45, 2.75) is 24.2 Å². The summed E-state index contributed by atoms with van der Waals surface area (Å²) in [6, 6.07) is 5.11. The Kier molecular flexibility index (Phi) is 4.54. The smallest absolute Gasteiger partial charge is 0.269 e. The van der Waals surface area contributed by atoms with E-state index < -0.39 is 25.1 Å². The largest absolute Gasteiger partial charge is 0.385 e. The summed E-state index contributed by atoms with van der Waals surface area (Å²) in [5.41, 5.74) is -0.151. The highest BCUT2D eigenvalue weighted by atomic mass is 35.5. The van der Waals surface area contributed by atoms with Crippen molar-refractivity contribution in [3.05, 3.63) is 39.9 Å². The molecule has 0 fully saturated rings. The second-order valence-electron chi connectivity index (χ2n) is 4.14. The Morgan fingerprint density at radius 3 is 2.58 bits per heavy atom. The lowest BCUT2D eigenvalue weighted by molar-refractivity contribution is -0.385. The lowest BCUT2D eigenvalue weighted by Gasteiger charge is -2.27. The third-order valence-corrected chi connectivity index (χ3v) is 5.98. The molecule has 19 heavy (non-hydrogen) atoms. The number of aliphatic hydroxyl groups excluding tert-OH is 1. The van der Waals surface area contributed by atoms with Crippen molar-refractivity contribution in [2.75, 3.05) is 5.75 Å². The van der Waals surface area contributed by atoms with E-state index in [9.17, 15) is 23.6 Å². The number of nitro benzene ring substituents is 1. The summed E-state index contributed by atoms with van der Waals surface area (Å²) in [5.74, 6) is -0.237. The topological polar surface area (TPSA) is 97.5 Å². The molecule has 0 aliphatic heterocycles.